The Kier molecular flexibility index (Phi) is 15.0. The molecule has 0 bridgehead atoms. The van der Waals surface area contributed by atoms with Crippen LogP contribution in [0.4, 0.5) is 5.82 Å². The summed E-state index contributed by atoms with van der Waals surface area (Å²) < 4.78 is 62.2. The summed E-state index contributed by atoms with van der Waals surface area (Å²) in [5, 5.41) is 26.5. The topological polar surface area (TPSA) is 348 Å². The quantitative estimate of drug-likeness (QED) is 0.0478. The molecule has 52 heavy (non-hydrogen) atoms. The zero-order chi connectivity index (χ0) is 39.3. The van der Waals surface area contributed by atoms with Gasteiger partial charge in [-0.25, -0.2) is 18.3 Å². The number of nitrogens with zero attached hydrogens (tertiary/aromatic N) is 3. The number of aliphatic hydroxyl groups is 2. The van der Waals surface area contributed by atoms with Gasteiger partial charge in [-0.1, -0.05) is 39.6 Å². The lowest BCUT2D eigenvalue weighted by Crippen LogP contribution is -2.46. The minimum atomic E-state index is -5.54. The zero-order valence-electron chi connectivity index (χ0n) is 28.7. The van der Waals surface area contributed by atoms with Crippen LogP contribution >= 0.6 is 35.2 Å². The lowest BCUT2D eigenvalue weighted by atomic mass is 9.87. The molecule has 0 spiro atoms. The Hall–Kier alpha value is -2.11. The van der Waals surface area contributed by atoms with Crippen molar-refractivity contribution >= 4 is 64.0 Å². The molecule has 0 aliphatic carbocycles. The van der Waals surface area contributed by atoms with Crippen molar-refractivity contribution in [1.29, 1.82) is 0 Å². The number of amides is 2. The molecule has 0 aromatic carbocycles. The third-order valence-corrected chi connectivity index (χ3v) is 11.5. The number of anilines is 1. The average molecular weight is 825 g/mol. The van der Waals surface area contributed by atoms with Gasteiger partial charge in [0, 0.05) is 35.4 Å². The fourth-order valence-electron chi connectivity index (χ4n) is 4.54. The van der Waals surface area contributed by atoms with Gasteiger partial charge in [0.15, 0.2) is 18.5 Å². The average Bonchev–Trinajstić information content (AvgIpc) is 3.56. The number of aromatic amines is 1. The molecule has 1 aliphatic heterocycles. The highest BCUT2D eigenvalue weighted by molar-refractivity contribution is 8.00. The fourth-order valence-corrected chi connectivity index (χ4v) is 8.19. The summed E-state index contributed by atoms with van der Waals surface area (Å²) in [5.74, 6) is -0.541. The predicted octanol–water partition coefficient (Wildman–Crippen LogP) is -0.644. The largest absolute Gasteiger partial charge is 0.481 e. The predicted molar refractivity (Wildman–Crippen MR) is 181 cm³/mol. The molecule has 2 aromatic rings. The Morgan fingerprint density at radius 1 is 1.08 bits per heavy atom. The van der Waals surface area contributed by atoms with Crippen LogP contribution in [-0.2, 0) is 45.9 Å². The summed E-state index contributed by atoms with van der Waals surface area (Å²) in [6.07, 6.45) is -6.49. The molecule has 1 saturated heterocycles. The summed E-state index contributed by atoms with van der Waals surface area (Å²) in [4.78, 5) is 74.2. The van der Waals surface area contributed by atoms with E-state index in [0.29, 0.717) is 12.3 Å². The Bertz CT molecular complexity index is 1710. The monoisotopic (exact) mass is 824 g/mol. The smallest absolute Gasteiger partial charge is 0.384 e. The number of carbonyl (C=O) groups excluding carboxylic acids is 2. The van der Waals surface area contributed by atoms with Crippen LogP contribution in [0.2, 0.25) is 0 Å². The molecule has 3 rings (SSSR count). The number of hydrogen-bond acceptors (Lipinski definition) is 16. The number of H-pyrrole nitrogens is 1. The van der Waals surface area contributed by atoms with E-state index in [1.165, 1.54) is 24.7 Å². The number of phosphoric acid groups is 3. The van der Waals surface area contributed by atoms with Gasteiger partial charge in [0.1, 0.15) is 24.4 Å². The maximum Gasteiger partial charge on any atom is 0.481 e. The van der Waals surface area contributed by atoms with Crippen LogP contribution in [0.5, 0.6) is 0 Å². The number of hydrogen-bond donors (Lipinski definition) is 10. The first-order chi connectivity index (χ1) is 23.8. The number of phosphoric ester groups is 3. The van der Waals surface area contributed by atoms with E-state index in [-0.39, 0.29) is 40.6 Å². The van der Waals surface area contributed by atoms with E-state index in [1.807, 2.05) is 20.8 Å². The number of carbonyl (C=O) groups is 2. The molecule has 7 unspecified atom stereocenters. The Labute approximate surface area is 301 Å². The number of nitrogen functional groups attached to an aromatic ring is 1. The van der Waals surface area contributed by atoms with Gasteiger partial charge in [-0.2, -0.15) is 21.1 Å². The van der Waals surface area contributed by atoms with Crippen LogP contribution in [0.15, 0.2) is 12.7 Å². The summed E-state index contributed by atoms with van der Waals surface area (Å²) in [6, 6.07) is 0. The summed E-state index contributed by atoms with van der Waals surface area (Å²) >= 11 is 1.67. The number of rotatable bonds is 19. The molecule has 0 saturated carbocycles. The number of fused-ring (bicyclic) bond motifs is 1. The van der Waals surface area contributed by atoms with Crippen LogP contribution in [0.3, 0.4) is 0 Å². The number of thioether (sulfide) groups is 1. The summed E-state index contributed by atoms with van der Waals surface area (Å²) in [6.45, 7) is 7.03. The van der Waals surface area contributed by atoms with Gasteiger partial charge in [0.2, 0.25) is 23.6 Å². The van der Waals surface area contributed by atoms with Crippen molar-refractivity contribution in [3.05, 3.63) is 12.7 Å². The van der Waals surface area contributed by atoms with Gasteiger partial charge >= 0.3 is 29.1 Å². The Balaban J connectivity index is 1.54. The van der Waals surface area contributed by atoms with Gasteiger partial charge in [0.05, 0.1) is 13.2 Å². The van der Waals surface area contributed by atoms with E-state index < -0.39 is 78.6 Å². The van der Waals surface area contributed by atoms with Crippen LogP contribution in [0.25, 0.3) is 11.2 Å². The number of aliphatic hydroxyl groups excluding tert-OH is 2. The maximum atomic E-state index is 12.6. The molecule has 2 aromatic heterocycles. The SMILES string of the molecule is CC(C)(C)SCCNC(=O)CCNC(=O)C(O)C(C)(C)COP(=O)(O)OP(=O)(O)OCC1OC([n+]2c[nH]c3c(N)ncnc32)C(O)C1OP(=O)(O)O. The van der Waals surface area contributed by atoms with Crippen LogP contribution in [0.1, 0.15) is 47.3 Å². The number of imidazole rings is 1. The van der Waals surface area contributed by atoms with Crippen molar-refractivity contribution in [1.82, 2.24) is 25.6 Å². The van der Waals surface area contributed by atoms with E-state index in [9.17, 15) is 53.1 Å². The first-order valence-electron chi connectivity index (χ1n) is 15.4. The van der Waals surface area contributed by atoms with Crippen LogP contribution in [0, 0.1) is 5.41 Å². The second-order valence-electron chi connectivity index (χ2n) is 13.1. The summed E-state index contributed by atoms with van der Waals surface area (Å²) in [5.41, 5.74) is 4.53. The lowest BCUT2D eigenvalue weighted by Gasteiger charge is -2.30. The maximum absolute atomic E-state index is 12.6. The highest BCUT2D eigenvalue weighted by atomic mass is 32.2. The van der Waals surface area contributed by atoms with Crippen LogP contribution in [-0.4, -0.2) is 118 Å². The molecule has 1 aliphatic rings. The number of ether oxygens (including phenoxy) is 1. The third kappa shape index (κ3) is 13.3. The molecular weight excluding hydrogens is 779 g/mol. The highest BCUT2D eigenvalue weighted by Crippen LogP contribution is 2.61. The van der Waals surface area contributed by atoms with Crippen LogP contribution < -0.4 is 20.9 Å². The van der Waals surface area contributed by atoms with Crippen molar-refractivity contribution in [3.8, 4) is 0 Å². The van der Waals surface area contributed by atoms with Gasteiger partial charge < -0.3 is 50.9 Å². The summed E-state index contributed by atoms with van der Waals surface area (Å²) in [7, 11) is -16.3. The molecular formula is C25H45N7O16P3S+. The Morgan fingerprint density at radius 2 is 1.73 bits per heavy atom. The molecule has 2 amide bonds. The minimum Gasteiger partial charge on any atom is -0.384 e. The first-order valence-corrected chi connectivity index (χ1v) is 20.9. The van der Waals surface area contributed by atoms with E-state index >= 15 is 0 Å². The van der Waals surface area contributed by atoms with Crippen molar-refractivity contribution in [2.24, 2.45) is 5.41 Å². The molecule has 0 radical (unpaired) electrons. The van der Waals surface area contributed by atoms with Crippen molar-refractivity contribution in [2.75, 3.05) is 37.8 Å². The zero-order valence-corrected chi connectivity index (χ0v) is 32.2. The minimum absolute atomic E-state index is 0.0208. The molecule has 3 heterocycles. The van der Waals surface area contributed by atoms with Gasteiger partial charge in [-0.3, -0.25) is 28.1 Å². The molecule has 296 valence electrons. The Morgan fingerprint density at radius 3 is 2.37 bits per heavy atom. The highest BCUT2D eigenvalue weighted by Gasteiger charge is 2.52. The van der Waals surface area contributed by atoms with Crippen molar-refractivity contribution in [2.45, 2.75) is 76.4 Å². The molecule has 27 heteroatoms. The second-order valence-corrected chi connectivity index (χ2v) is 19.2. The number of aromatic nitrogens is 4. The number of nitrogens with one attached hydrogen (secondary N) is 3. The van der Waals surface area contributed by atoms with Crippen molar-refractivity contribution in [3.63, 3.8) is 0 Å². The molecule has 23 nitrogen and oxygen atoms in total. The van der Waals surface area contributed by atoms with Gasteiger partial charge in [-0.15, -0.1) is 0 Å². The first kappa shape index (κ1) is 44.3. The standard InChI is InChI=1S/C25H44N7O16P3S/c1-24(2,3)52-9-8-27-15(33)6-7-28-22(36)19(35)25(4,5)11-45-51(42,43)48-50(40,41)44-10-14-18(47-49(37,38)39)17(34)23(46-14)32-13-31-16-20(26)29-12-30-21(16)32/h12-14,17-19,23,34-35H,6-11H2,1-5H3,(H8,26,27,28,29,30,33,36,37,38,39,40,41,42,43)/p+1. The van der Waals surface area contributed by atoms with Gasteiger partial charge in [-0.05, 0) is 0 Å². The van der Waals surface area contributed by atoms with Gasteiger partial charge in [0.25, 0.3) is 0 Å². The molecule has 7 atom stereocenters. The van der Waals surface area contributed by atoms with E-state index in [4.69, 9.17) is 19.5 Å². The molecule has 1 fully saturated rings. The van der Waals surface area contributed by atoms with Crippen molar-refractivity contribution < 1.29 is 80.3 Å². The normalized spacial score (nSPS) is 22.8. The lowest BCUT2D eigenvalue weighted by molar-refractivity contribution is -0.745. The second kappa shape index (κ2) is 17.6. The van der Waals surface area contributed by atoms with E-state index in [0.717, 1.165) is 6.33 Å². The number of nitrogens with two attached hydrogens (primary N) is 1. The van der Waals surface area contributed by atoms with E-state index in [2.05, 4.69) is 34.4 Å². The molecule has 11 N–H and O–H groups in total. The van der Waals surface area contributed by atoms with E-state index in [1.54, 1.807) is 11.8 Å². The fraction of sp³-hybridized carbons (Fsp3) is 0.720. The third-order valence-electron chi connectivity index (χ3n) is 7.10.